The number of nitrogens with zero attached hydrogens (tertiary/aromatic N) is 4. The van der Waals surface area contributed by atoms with E-state index in [2.05, 4.69) is 30.4 Å². The molecule has 0 spiro atoms. The summed E-state index contributed by atoms with van der Waals surface area (Å²) in [7, 11) is -4.04. The lowest BCUT2D eigenvalue weighted by Gasteiger charge is -2.26. The van der Waals surface area contributed by atoms with E-state index >= 15 is 0 Å². The number of hydrogen-bond donors (Lipinski definition) is 6. The van der Waals surface area contributed by atoms with Crippen molar-refractivity contribution in [3.63, 3.8) is 0 Å². The molecule has 0 aromatic carbocycles. The Bertz CT molecular complexity index is 1350. The number of nitrogens with one attached hydrogen (secondary N) is 3. The van der Waals surface area contributed by atoms with Crippen molar-refractivity contribution in [2.75, 3.05) is 44.0 Å². The zero-order chi connectivity index (χ0) is 29.6. The summed E-state index contributed by atoms with van der Waals surface area (Å²) in [6.07, 6.45) is 0.934. The lowest BCUT2D eigenvalue weighted by Crippen LogP contribution is -2.41. The second-order valence-corrected chi connectivity index (χ2v) is 12.2. The van der Waals surface area contributed by atoms with Crippen molar-refractivity contribution >= 4 is 42.5 Å². The molecule has 2 aromatic heterocycles. The molecule has 3 unspecified atom stereocenters. The molecule has 1 aliphatic heterocycles. The fourth-order valence-electron chi connectivity index (χ4n) is 5.19. The van der Waals surface area contributed by atoms with E-state index < -0.39 is 68.8 Å². The maximum absolute atomic E-state index is 13.4. The van der Waals surface area contributed by atoms with Gasteiger partial charge in [-0.2, -0.15) is 9.97 Å². The number of carbonyl (C=O) groups is 2. The van der Waals surface area contributed by atoms with Gasteiger partial charge in [0, 0.05) is 6.04 Å². The number of aliphatic hydroxyl groups excluding tert-OH is 1. The molecule has 3 heterocycles. The number of carbonyl (C=O) groups excluding carboxylic acids is 2. The van der Waals surface area contributed by atoms with Gasteiger partial charge in [-0.05, 0) is 33.6 Å². The first-order chi connectivity index (χ1) is 19.5. The summed E-state index contributed by atoms with van der Waals surface area (Å²) >= 11 is 0. The summed E-state index contributed by atoms with van der Waals surface area (Å²) in [6.45, 7) is 3.69. The fraction of sp³-hybridized carbons (Fsp3) is 0.696. The largest absolute Gasteiger partial charge is 0.465 e. The minimum Gasteiger partial charge on any atom is -0.465 e. The Hall–Kier alpha value is -2.92. The number of anilines is 2. The van der Waals surface area contributed by atoms with Crippen LogP contribution in [-0.4, -0.2) is 104 Å². The van der Waals surface area contributed by atoms with E-state index in [1.807, 2.05) is 0 Å². The Labute approximate surface area is 235 Å². The Kier molecular flexibility index (Phi) is 7.97. The zero-order valence-corrected chi connectivity index (χ0v) is 23.8. The standard InChI is InChI=1S/C23H35N8O9P/c1-4-37-14(32)8-26-41(36,27-9-15(33)38-5-2)39-10-13-17(34)23(35)20(22(23,3)40-13)31-11-25-16-18(28-12-6-7-12)29-21(24)30-19(16)31/h11-13,17,20,34-35H,4-10H2,1-3H3,(H2,26,27,36)(H3,24,28,29,30)/t13-,17?,20-,22?,23?/m1/s1. The number of aromatic nitrogens is 4. The van der Waals surface area contributed by atoms with Crippen LogP contribution in [0.4, 0.5) is 11.8 Å². The Balaban J connectivity index is 1.28. The predicted molar refractivity (Wildman–Crippen MR) is 142 cm³/mol. The number of nitrogens with two attached hydrogens (primary N) is 1. The van der Waals surface area contributed by atoms with Crippen molar-refractivity contribution < 1.29 is 43.1 Å². The molecule has 5 atom stereocenters. The smallest absolute Gasteiger partial charge is 0.341 e. The average Bonchev–Trinajstić information content (AvgIpc) is 3.75. The molecule has 0 radical (unpaired) electrons. The number of nitrogen functional groups attached to an aromatic ring is 1. The number of esters is 2. The van der Waals surface area contributed by atoms with Crippen LogP contribution in [0.2, 0.25) is 0 Å². The average molecular weight is 599 g/mol. The van der Waals surface area contributed by atoms with E-state index in [1.54, 1.807) is 25.3 Å². The van der Waals surface area contributed by atoms with Gasteiger partial charge in [-0.3, -0.25) is 14.2 Å². The van der Waals surface area contributed by atoms with Gasteiger partial charge in [-0.15, -0.1) is 0 Å². The van der Waals surface area contributed by atoms with Crippen molar-refractivity contribution in [1.82, 2.24) is 29.7 Å². The quantitative estimate of drug-likeness (QED) is 0.116. The van der Waals surface area contributed by atoms with Crippen LogP contribution in [0.3, 0.4) is 0 Å². The van der Waals surface area contributed by atoms with Crippen LogP contribution in [0, 0.1) is 0 Å². The van der Waals surface area contributed by atoms with Gasteiger partial charge in [0.2, 0.25) is 5.95 Å². The Morgan fingerprint density at radius 2 is 1.83 bits per heavy atom. The van der Waals surface area contributed by atoms with Gasteiger partial charge in [0.05, 0.1) is 26.1 Å². The van der Waals surface area contributed by atoms with Crippen molar-refractivity contribution in [3.05, 3.63) is 6.33 Å². The van der Waals surface area contributed by atoms with E-state index in [0.717, 1.165) is 12.8 Å². The summed E-state index contributed by atoms with van der Waals surface area (Å²) < 4.78 is 36.2. The molecule has 5 rings (SSSR count). The van der Waals surface area contributed by atoms with Crippen LogP contribution in [0.5, 0.6) is 0 Å². The highest BCUT2D eigenvalue weighted by molar-refractivity contribution is 7.54. The van der Waals surface area contributed by atoms with E-state index in [9.17, 15) is 24.4 Å². The van der Waals surface area contributed by atoms with Crippen LogP contribution in [0.1, 0.15) is 39.7 Å². The molecule has 7 N–H and O–H groups in total. The lowest BCUT2D eigenvalue weighted by molar-refractivity contribution is -0.142. The number of imidazole rings is 1. The minimum absolute atomic E-state index is 0.0273. The molecule has 2 aliphatic carbocycles. The number of rotatable bonds is 14. The van der Waals surface area contributed by atoms with Crippen LogP contribution < -0.4 is 21.2 Å². The number of hydrogen-bond acceptors (Lipinski definition) is 14. The van der Waals surface area contributed by atoms with Crippen LogP contribution in [-0.2, 0) is 32.9 Å². The van der Waals surface area contributed by atoms with E-state index in [0.29, 0.717) is 23.0 Å². The fourth-order valence-corrected chi connectivity index (χ4v) is 6.51. The normalized spacial score (nSPS) is 28.9. The molecule has 1 saturated heterocycles. The summed E-state index contributed by atoms with van der Waals surface area (Å²) in [5, 5.41) is 30.8. The molecule has 2 saturated carbocycles. The second-order valence-electron chi connectivity index (χ2n) is 10.2. The van der Waals surface area contributed by atoms with Crippen molar-refractivity contribution in [2.45, 2.75) is 69.1 Å². The highest BCUT2D eigenvalue weighted by Gasteiger charge is 2.85. The molecule has 2 aromatic rings. The van der Waals surface area contributed by atoms with Crippen molar-refractivity contribution in [1.29, 1.82) is 0 Å². The van der Waals surface area contributed by atoms with E-state index in [4.69, 9.17) is 24.5 Å². The van der Waals surface area contributed by atoms with Gasteiger partial charge in [-0.1, -0.05) is 0 Å². The molecule has 0 amide bonds. The summed E-state index contributed by atoms with van der Waals surface area (Å²) in [6, 6.07) is -0.481. The first-order valence-corrected chi connectivity index (χ1v) is 15.0. The number of aliphatic hydroxyl groups is 2. The van der Waals surface area contributed by atoms with E-state index in [-0.39, 0.29) is 19.2 Å². The van der Waals surface area contributed by atoms with Gasteiger partial charge in [-0.25, -0.2) is 15.2 Å². The molecule has 18 heteroatoms. The van der Waals surface area contributed by atoms with Gasteiger partial charge in [0.25, 0.3) is 0 Å². The van der Waals surface area contributed by atoms with Gasteiger partial charge in [0.1, 0.15) is 42.5 Å². The monoisotopic (exact) mass is 598 g/mol. The highest BCUT2D eigenvalue weighted by Crippen LogP contribution is 2.68. The first-order valence-electron chi connectivity index (χ1n) is 13.4. The molecule has 3 fully saturated rings. The minimum atomic E-state index is -4.04. The molecular weight excluding hydrogens is 563 g/mol. The zero-order valence-electron chi connectivity index (χ0n) is 22.9. The SMILES string of the molecule is CCOC(=O)CNP(=O)(NCC(=O)OCC)OC[C@H]1OC2(C)[C@@H](n3cnc4c(NC5CC5)nc(N)nc43)C2(O)C1O. The molecule has 41 heavy (non-hydrogen) atoms. The summed E-state index contributed by atoms with van der Waals surface area (Å²) in [5.41, 5.74) is 3.74. The van der Waals surface area contributed by atoms with Crippen LogP contribution >= 0.6 is 7.67 Å². The first kappa shape index (κ1) is 29.6. The summed E-state index contributed by atoms with van der Waals surface area (Å²) in [5.74, 6) is -0.861. The number of fused-ring (bicyclic) bond motifs is 2. The molecule has 17 nitrogen and oxygen atoms in total. The van der Waals surface area contributed by atoms with E-state index in [1.165, 1.54) is 6.33 Å². The third kappa shape index (κ3) is 5.50. The third-order valence-electron chi connectivity index (χ3n) is 7.38. The van der Waals surface area contributed by atoms with Gasteiger partial charge in [0.15, 0.2) is 17.0 Å². The maximum atomic E-state index is 13.4. The number of ether oxygens (including phenoxy) is 3. The molecule has 0 bridgehead atoms. The van der Waals surface area contributed by atoms with Crippen LogP contribution in [0.25, 0.3) is 11.2 Å². The maximum Gasteiger partial charge on any atom is 0.341 e. The Morgan fingerprint density at radius 1 is 1.20 bits per heavy atom. The molecular formula is C23H35N8O9P. The molecule has 226 valence electrons. The topological polar surface area (TPSA) is 234 Å². The van der Waals surface area contributed by atoms with Gasteiger partial charge < -0.3 is 44.6 Å². The van der Waals surface area contributed by atoms with Crippen LogP contribution in [0.15, 0.2) is 6.33 Å². The third-order valence-corrected chi connectivity index (χ3v) is 9.04. The second kappa shape index (κ2) is 11.1. The molecule has 3 aliphatic rings. The van der Waals surface area contributed by atoms with Crippen molar-refractivity contribution in [2.24, 2.45) is 0 Å². The van der Waals surface area contributed by atoms with Crippen molar-refractivity contribution in [3.8, 4) is 0 Å². The lowest BCUT2D eigenvalue weighted by atomic mass is 10.1. The summed E-state index contributed by atoms with van der Waals surface area (Å²) in [4.78, 5) is 36.6. The van der Waals surface area contributed by atoms with Gasteiger partial charge >= 0.3 is 19.6 Å². The Morgan fingerprint density at radius 3 is 2.37 bits per heavy atom. The predicted octanol–water partition coefficient (Wildman–Crippen LogP) is -0.783. The highest BCUT2D eigenvalue weighted by atomic mass is 31.2.